The lowest BCUT2D eigenvalue weighted by Gasteiger charge is -2.34. The van der Waals surface area contributed by atoms with E-state index in [1.54, 1.807) is 13.2 Å². The van der Waals surface area contributed by atoms with E-state index in [2.05, 4.69) is 28.9 Å². The first kappa shape index (κ1) is 41.1. The van der Waals surface area contributed by atoms with Gasteiger partial charge in [-0.15, -0.1) is 6.58 Å². The van der Waals surface area contributed by atoms with E-state index >= 15 is 0 Å². The molecule has 4 saturated carbocycles. The molecule has 16 heteroatoms. The Balaban J connectivity index is 1.17. The van der Waals surface area contributed by atoms with Crippen LogP contribution in [0.5, 0.6) is 17.4 Å². The molecule has 2 aliphatic heterocycles. The van der Waals surface area contributed by atoms with Crippen LogP contribution in [0.15, 0.2) is 30.9 Å². The fourth-order valence-electron chi connectivity index (χ4n) is 10.0. The Labute approximate surface area is 345 Å². The number of aryl methyl sites for hydroxylation is 1. The van der Waals surface area contributed by atoms with E-state index in [4.69, 9.17) is 23.9 Å². The Morgan fingerprint density at radius 1 is 1.07 bits per heavy atom. The molecule has 6 aliphatic rings. The van der Waals surface area contributed by atoms with Crippen molar-refractivity contribution in [3.63, 3.8) is 0 Å². The number of benzene rings is 1. The zero-order valence-electron chi connectivity index (χ0n) is 34.3. The molecule has 0 unspecified atom stereocenters. The third kappa shape index (κ3) is 8.17. The minimum atomic E-state index is -3.91. The number of rotatable bonds is 10. The monoisotopic (exact) mass is 835 g/mol. The van der Waals surface area contributed by atoms with E-state index in [0.29, 0.717) is 48.8 Å². The lowest BCUT2D eigenvalue weighted by Crippen LogP contribution is -2.59. The maximum Gasteiger partial charge on any atom is 0.408 e. The number of hydrogen-bond donors (Lipinski definition) is 3. The van der Waals surface area contributed by atoms with Crippen molar-refractivity contribution in [1.29, 1.82) is 0 Å². The summed E-state index contributed by atoms with van der Waals surface area (Å²) in [6.45, 7) is 8.21. The van der Waals surface area contributed by atoms with Crippen molar-refractivity contribution in [1.82, 2.24) is 25.2 Å². The maximum atomic E-state index is 15.0. The quantitative estimate of drug-likeness (QED) is 0.278. The van der Waals surface area contributed by atoms with Crippen molar-refractivity contribution >= 4 is 44.7 Å². The fraction of sp³-hybridized carbons (Fsp3) is 0.651. The van der Waals surface area contributed by atoms with E-state index < -0.39 is 68.7 Å². The van der Waals surface area contributed by atoms with Gasteiger partial charge in [-0.2, -0.15) is 0 Å². The average molecular weight is 836 g/mol. The highest BCUT2D eigenvalue weighted by Gasteiger charge is 2.62. The Kier molecular flexibility index (Phi) is 11.2. The average Bonchev–Trinajstić information content (AvgIpc) is 4.02. The summed E-state index contributed by atoms with van der Waals surface area (Å²) < 4.78 is 52.5. The highest BCUT2D eigenvalue weighted by Crippen LogP contribution is 2.47. The summed E-state index contributed by atoms with van der Waals surface area (Å²) >= 11 is 0. The van der Waals surface area contributed by atoms with E-state index in [9.17, 15) is 27.6 Å². The summed E-state index contributed by atoms with van der Waals surface area (Å²) in [6.07, 6.45) is 9.06. The standard InChI is InChI=1S/C43H57N5O10S/c1-5-27-23-43(27,40(51)47-59(53,54)29-15-16-29)46-38(49)32-20-28-24-48(32)39(50)37(25-11-7-8-12-25)45-41(52)58-35-14-10-18-42(35,3)17-9-13-26-19-30-31(21-33(26)55-4)44-36(56-6-2)22-34(30)57-28/h5,19,21-22,25,27-29,32,35,37H,1,6-18,20,23-24H2,2-4H3,(H,45,52)(H,46,49)(H,47,51)/t27-,28-,32+,35+,37+,42+,43-/m1/s1. The Hall–Kier alpha value is -4.60. The normalized spacial score (nSPS) is 31.3. The van der Waals surface area contributed by atoms with Gasteiger partial charge in [0.2, 0.25) is 27.7 Å². The number of nitrogens with one attached hydrogen (secondary N) is 3. The van der Waals surface area contributed by atoms with Crippen LogP contribution in [-0.2, 0) is 35.6 Å². The zero-order valence-corrected chi connectivity index (χ0v) is 35.1. The first-order valence-corrected chi connectivity index (χ1v) is 22.9. The van der Waals surface area contributed by atoms with Gasteiger partial charge >= 0.3 is 6.09 Å². The molecule has 1 aromatic heterocycles. The summed E-state index contributed by atoms with van der Waals surface area (Å²) in [4.78, 5) is 63.3. The third-order valence-corrected chi connectivity index (χ3v) is 15.5. The molecule has 0 spiro atoms. The van der Waals surface area contributed by atoms with Gasteiger partial charge in [-0.25, -0.2) is 18.2 Å². The van der Waals surface area contributed by atoms with Crippen LogP contribution in [0.25, 0.3) is 10.9 Å². The number of alkyl carbamates (subject to hydrolysis) is 1. The number of nitrogens with zero attached hydrogens (tertiary/aromatic N) is 2. The predicted octanol–water partition coefficient (Wildman–Crippen LogP) is 4.84. The molecule has 4 bridgehead atoms. The molecular weight excluding hydrogens is 779 g/mol. The smallest absolute Gasteiger partial charge is 0.408 e. The summed E-state index contributed by atoms with van der Waals surface area (Å²) in [7, 11) is -2.28. The van der Waals surface area contributed by atoms with Crippen molar-refractivity contribution in [3.05, 3.63) is 36.4 Å². The predicted molar refractivity (Wildman–Crippen MR) is 217 cm³/mol. The number of pyridine rings is 1. The summed E-state index contributed by atoms with van der Waals surface area (Å²) in [6, 6.07) is 3.53. The number of carbonyl (C=O) groups is 4. The molecule has 4 amide bonds. The van der Waals surface area contributed by atoms with Gasteiger partial charge in [0, 0.05) is 35.3 Å². The molecule has 5 fully saturated rings. The Bertz CT molecular complexity index is 2120. The molecule has 320 valence electrons. The lowest BCUT2D eigenvalue weighted by atomic mass is 9.81. The minimum Gasteiger partial charge on any atom is -0.496 e. The first-order chi connectivity index (χ1) is 28.3. The van der Waals surface area contributed by atoms with Crippen LogP contribution in [0.2, 0.25) is 0 Å². The first-order valence-electron chi connectivity index (χ1n) is 21.4. The van der Waals surface area contributed by atoms with Crippen LogP contribution in [0.4, 0.5) is 4.79 Å². The minimum absolute atomic E-state index is 0.00545. The molecule has 1 aromatic carbocycles. The molecule has 7 atom stereocenters. The van der Waals surface area contributed by atoms with E-state index in [1.807, 2.05) is 19.1 Å². The van der Waals surface area contributed by atoms with E-state index in [1.165, 1.54) is 11.0 Å². The van der Waals surface area contributed by atoms with E-state index in [0.717, 1.165) is 68.7 Å². The second-order valence-electron chi connectivity index (χ2n) is 17.7. The molecule has 4 aliphatic carbocycles. The van der Waals surface area contributed by atoms with Gasteiger partial charge in [0.25, 0.3) is 5.91 Å². The number of ether oxygens (including phenoxy) is 4. The SMILES string of the molecule is C=C[C@@H]1C[C@]1(NC(=O)[C@@H]1C[C@@H]2CN1C(=O)[C@H](C1CCCC1)NC(=O)O[C@H]1CCC[C@]1(C)CCCc1cc3c(cc(OCC)nc3cc1OC)O2)C(=O)NS(=O)(=O)C1CC1. The number of methoxy groups -OCH3 is 1. The van der Waals surface area contributed by atoms with Gasteiger partial charge in [0.05, 0.1) is 31.0 Å². The number of sulfonamides is 1. The van der Waals surface area contributed by atoms with Crippen LogP contribution in [0, 0.1) is 17.3 Å². The fourth-order valence-corrected chi connectivity index (χ4v) is 11.4. The van der Waals surface area contributed by atoms with E-state index in [-0.39, 0.29) is 36.8 Å². The number of amides is 4. The zero-order chi connectivity index (χ0) is 41.7. The van der Waals surface area contributed by atoms with Crippen molar-refractivity contribution < 1.29 is 46.5 Å². The molecular formula is C43H57N5O10S. The molecule has 2 aromatic rings. The van der Waals surface area contributed by atoms with Crippen molar-refractivity contribution in [2.75, 3.05) is 20.3 Å². The number of carbonyl (C=O) groups excluding carboxylic acids is 4. The van der Waals surface area contributed by atoms with Gasteiger partial charge in [-0.3, -0.25) is 19.1 Å². The molecule has 1 saturated heterocycles. The maximum absolute atomic E-state index is 15.0. The van der Waals surface area contributed by atoms with Crippen LogP contribution in [-0.4, -0.2) is 97.5 Å². The molecule has 0 radical (unpaired) electrons. The molecule has 8 rings (SSSR count). The topological polar surface area (TPSA) is 192 Å². The van der Waals surface area contributed by atoms with Crippen molar-refractivity contribution in [2.24, 2.45) is 17.3 Å². The number of hydrogen-bond acceptors (Lipinski definition) is 11. The van der Waals surface area contributed by atoms with Crippen LogP contribution >= 0.6 is 0 Å². The Morgan fingerprint density at radius 2 is 1.83 bits per heavy atom. The second kappa shape index (κ2) is 16.1. The van der Waals surface area contributed by atoms with Crippen LogP contribution in [0.1, 0.15) is 103 Å². The molecule has 15 nitrogen and oxygen atoms in total. The lowest BCUT2D eigenvalue weighted by molar-refractivity contribution is -0.142. The summed E-state index contributed by atoms with van der Waals surface area (Å²) in [5.74, 6) is -1.11. The van der Waals surface area contributed by atoms with Crippen molar-refractivity contribution in [2.45, 2.75) is 139 Å². The van der Waals surface area contributed by atoms with Crippen molar-refractivity contribution in [3.8, 4) is 17.4 Å². The number of aromatic nitrogens is 1. The Morgan fingerprint density at radius 3 is 2.53 bits per heavy atom. The largest absolute Gasteiger partial charge is 0.496 e. The third-order valence-electron chi connectivity index (χ3n) is 13.7. The summed E-state index contributed by atoms with van der Waals surface area (Å²) in [5, 5.41) is 5.92. The molecule has 3 heterocycles. The number of fused-ring (bicyclic) bond motifs is 4. The van der Waals surface area contributed by atoms with Crippen LogP contribution in [0.3, 0.4) is 0 Å². The van der Waals surface area contributed by atoms with Crippen LogP contribution < -0.4 is 29.6 Å². The van der Waals surface area contributed by atoms with Gasteiger partial charge in [0.15, 0.2) is 0 Å². The van der Waals surface area contributed by atoms with Gasteiger partial charge in [-0.05, 0) is 95.1 Å². The highest BCUT2D eigenvalue weighted by atomic mass is 32.2. The van der Waals surface area contributed by atoms with Gasteiger partial charge in [0.1, 0.15) is 41.3 Å². The second-order valence-corrected chi connectivity index (χ2v) is 19.7. The molecule has 3 N–H and O–H groups in total. The van der Waals surface area contributed by atoms with Gasteiger partial charge in [-0.1, -0.05) is 25.8 Å². The highest BCUT2D eigenvalue weighted by molar-refractivity contribution is 7.91. The van der Waals surface area contributed by atoms with Gasteiger partial charge < -0.3 is 34.5 Å². The molecule has 59 heavy (non-hydrogen) atoms. The summed E-state index contributed by atoms with van der Waals surface area (Å²) in [5.41, 5.74) is -0.258.